The lowest BCUT2D eigenvalue weighted by molar-refractivity contribution is -0.130. The molecule has 1 atom stereocenters. The highest BCUT2D eigenvalue weighted by Gasteiger charge is 2.30. The van der Waals surface area contributed by atoms with E-state index in [0.717, 1.165) is 6.07 Å². The van der Waals surface area contributed by atoms with Crippen LogP contribution in [0.25, 0.3) is 0 Å². The number of anilines is 2. The van der Waals surface area contributed by atoms with Crippen molar-refractivity contribution in [3.8, 4) is 0 Å². The summed E-state index contributed by atoms with van der Waals surface area (Å²) in [5.74, 6) is -1.98. The third kappa shape index (κ3) is 5.38. The van der Waals surface area contributed by atoms with Crippen LogP contribution in [-0.4, -0.2) is 56.9 Å². The Kier molecular flexibility index (Phi) is 6.51. The van der Waals surface area contributed by atoms with Gasteiger partial charge in [-0.1, -0.05) is 0 Å². The molecule has 0 aromatic heterocycles. The Morgan fingerprint density at radius 1 is 1.38 bits per heavy atom. The molecule has 7 nitrogen and oxygen atoms in total. The van der Waals surface area contributed by atoms with Crippen LogP contribution in [0.4, 0.5) is 28.9 Å². The van der Waals surface area contributed by atoms with Crippen LogP contribution in [0.1, 0.15) is 0 Å². The minimum Gasteiger partial charge on any atom is -0.370 e. The van der Waals surface area contributed by atoms with Crippen molar-refractivity contribution in [2.45, 2.75) is 12.2 Å². The number of nitrogens with zero attached hydrogens (tertiary/aromatic N) is 1. The molecule has 1 fully saturated rings. The predicted octanol–water partition coefficient (Wildman–Crippen LogP) is 0.607. The Morgan fingerprint density at radius 2 is 2.12 bits per heavy atom. The topological polar surface area (TPSA) is 96.7 Å². The van der Waals surface area contributed by atoms with Gasteiger partial charge in [-0.2, -0.15) is 13.2 Å². The number of carbonyl (C=O) groups excluding carboxylic acids is 2. The van der Waals surface area contributed by atoms with Crippen molar-refractivity contribution in [2.24, 2.45) is 5.73 Å². The van der Waals surface area contributed by atoms with E-state index in [0.29, 0.717) is 0 Å². The molecule has 26 heavy (non-hydrogen) atoms. The third-order valence-electron chi connectivity index (χ3n) is 3.59. The van der Waals surface area contributed by atoms with Gasteiger partial charge in [0.25, 0.3) is 5.91 Å². The monoisotopic (exact) mass is 378 g/mol. The lowest BCUT2D eigenvalue weighted by Crippen LogP contribution is -2.48. The summed E-state index contributed by atoms with van der Waals surface area (Å²) >= 11 is 0. The van der Waals surface area contributed by atoms with Crippen molar-refractivity contribution in [1.29, 1.82) is 0 Å². The number of rotatable bonds is 6. The fourth-order valence-electron chi connectivity index (χ4n) is 2.33. The van der Waals surface area contributed by atoms with E-state index in [1.807, 2.05) is 5.32 Å². The van der Waals surface area contributed by atoms with Gasteiger partial charge in [-0.05, 0) is 18.2 Å². The van der Waals surface area contributed by atoms with E-state index in [1.54, 1.807) is 0 Å². The number of nitrogens with two attached hydrogens (primary N) is 1. The van der Waals surface area contributed by atoms with Crippen LogP contribution in [0, 0.1) is 5.82 Å². The fraction of sp³-hybridized carbons (Fsp3) is 0.467. The van der Waals surface area contributed by atoms with Gasteiger partial charge in [0, 0.05) is 18.8 Å². The Morgan fingerprint density at radius 3 is 2.69 bits per heavy atom. The molecular weight excluding hydrogens is 360 g/mol. The van der Waals surface area contributed by atoms with Gasteiger partial charge < -0.3 is 20.7 Å². The SMILES string of the molecule is NC[C@@H](NCC(F)(F)F)C(=O)Nc1ccc(N2CCOCC2=O)c(F)c1. The van der Waals surface area contributed by atoms with Crippen LogP contribution in [0.15, 0.2) is 18.2 Å². The normalized spacial score (nSPS) is 16.5. The van der Waals surface area contributed by atoms with Crippen LogP contribution < -0.4 is 21.3 Å². The number of hydrogen-bond acceptors (Lipinski definition) is 5. The summed E-state index contributed by atoms with van der Waals surface area (Å²) in [6, 6.07) is 2.33. The van der Waals surface area contributed by atoms with Crippen molar-refractivity contribution in [3.63, 3.8) is 0 Å². The molecule has 1 heterocycles. The zero-order chi connectivity index (χ0) is 19.3. The zero-order valence-corrected chi connectivity index (χ0v) is 13.6. The number of morpholine rings is 1. The summed E-state index contributed by atoms with van der Waals surface area (Å²) in [4.78, 5) is 24.9. The summed E-state index contributed by atoms with van der Waals surface area (Å²) in [6.45, 7) is -1.44. The highest BCUT2D eigenvalue weighted by molar-refractivity contribution is 5.97. The van der Waals surface area contributed by atoms with Gasteiger partial charge in [-0.3, -0.25) is 14.9 Å². The summed E-state index contributed by atoms with van der Waals surface area (Å²) in [6.07, 6.45) is -4.49. The number of hydrogen-bond donors (Lipinski definition) is 3. The van der Waals surface area contributed by atoms with E-state index >= 15 is 0 Å². The zero-order valence-electron chi connectivity index (χ0n) is 13.6. The first-order chi connectivity index (χ1) is 12.2. The minimum atomic E-state index is -4.49. The first kappa shape index (κ1) is 20.1. The average Bonchev–Trinajstić information content (AvgIpc) is 2.55. The van der Waals surface area contributed by atoms with Gasteiger partial charge in [0.1, 0.15) is 12.4 Å². The molecule has 1 aromatic rings. The van der Waals surface area contributed by atoms with Crippen molar-refractivity contribution >= 4 is 23.2 Å². The molecule has 4 N–H and O–H groups in total. The second-order valence-corrected chi connectivity index (χ2v) is 5.54. The molecule has 1 aliphatic heterocycles. The molecule has 144 valence electrons. The standard InChI is InChI=1S/C15H18F4N4O3/c16-10-5-9(1-2-12(10)23-3-4-26-7-13(23)24)22-14(25)11(6-20)21-8-15(17,18)19/h1-2,5,11,21H,3-4,6-8,20H2,(H,22,25)/t11-/m1/s1. The first-order valence-corrected chi connectivity index (χ1v) is 7.70. The summed E-state index contributed by atoms with van der Waals surface area (Å²) in [7, 11) is 0. The van der Waals surface area contributed by atoms with Crippen LogP contribution >= 0.6 is 0 Å². The van der Waals surface area contributed by atoms with Crippen molar-refractivity contribution in [2.75, 3.05) is 43.1 Å². The molecule has 1 aromatic carbocycles. The lowest BCUT2D eigenvalue weighted by Gasteiger charge is -2.27. The highest BCUT2D eigenvalue weighted by atomic mass is 19.4. The van der Waals surface area contributed by atoms with Crippen molar-refractivity contribution in [3.05, 3.63) is 24.0 Å². The van der Waals surface area contributed by atoms with E-state index in [1.165, 1.54) is 17.0 Å². The maximum absolute atomic E-state index is 14.3. The van der Waals surface area contributed by atoms with E-state index < -0.39 is 36.4 Å². The Balaban J connectivity index is 2.04. The molecule has 2 rings (SSSR count). The van der Waals surface area contributed by atoms with Crippen molar-refractivity contribution in [1.82, 2.24) is 5.32 Å². The van der Waals surface area contributed by atoms with E-state index in [4.69, 9.17) is 10.5 Å². The average molecular weight is 378 g/mol. The Labute approximate surface area is 146 Å². The van der Waals surface area contributed by atoms with Crippen LogP contribution in [0.2, 0.25) is 0 Å². The lowest BCUT2D eigenvalue weighted by atomic mass is 10.2. The molecule has 2 amide bonds. The molecule has 0 radical (unpaired) electrons. The number of halogens is 4. The molecule has 0 unspecified atom stereocenters. The number of amides is 2. The molecule has 1 aliphatic rings. The van der Waals surface area contributed by atoms with Crippen LogP contribution in [0.3, 0.4) is 0 Å². The first-order valence-electron chi connectivity index (χ1n) is 7.70. The number of benzene rings is 1. The van der Waals surface area contributed by atoms with Gasteiger partial charge in [0.05, 0.1) is 24.9 Å². The van der Waals surface area contributed by atoms with Gasteiger partial charge >= 0.3 is 6.18 Å². The second kappa shape index (κ2) is 8.43. The van der Waals surface area contributed by atoms with Crippen molar-refractivity contribution < 1.29 is 31.9 Å². The molecular formula is C15H18F4N4O3. The number of carbonyl (C=O) groups is 2. The molecule has 0 bridgehead atoms. The largest absolute Gasteiger partial charge is 0.401 e. The molecule has 0 aliphatic carbocycles. The quantitative estimate of drug-likeness (QED) is 0.631. The molecule has 0 spiro atoms. The number of ether oxygens (including phenoxy) is 1. The Hall–Kier alpha value is -2.24. The van der Waals surface area contributed by atoms with Gasteiger partial charge in [-0.15, -0.1) is 0 Å². The highest BCUT2D eigenvalue weighted by Crippen LogP contribution is 2.24. The Bertz CT molecular complexity index is 669. The van der Waals surface area contributed by atoms with Crippen LogP contribution in [0.5, 0.6) is 0 Å². The molecule has 1 saturated heterocycles. The maximum atomic E-state index is 14.3. The minimum absolute atomic E-state index is 0.0295. The summed E-state index contributed by atoms with van der Waals surface area (Å²) in [5.41, 5.74) is 5.36. The van der Waals surface area contributed by atoms with E-state index in [2.05, 4.69) is 5.32 Å². The van der Waals surface area contributed by atoms with Gasteiger partial charge in [0.15, 0.2) is 0 Å². The number of nitrogens with one attached hydrogen (secondary N) is 2. The third-order valence-corrected chi connectivity index (χ3v) is 3.59. The molecule has 11 heteroatoms. The van der Waals surface area contributed by atoms with Gasteiger partial charge in [0.2, 0.25) is 5.91 Å². The predicted molar refractivity (Wildman–Crippen MR) is 85.1 cm³/mol. The maximum Gasteiger partial charge on any atom is 0.401 e. The second-order valence-electron chi connectivity index (χ2n) is 5.54. The number of alkyl halides is 3. The fourth-order valence-corrected chi connectivity index (χ4v) is 2.33. The van der Waals surface area contributed by atoms with Gasteiger partial charge in [-0.25, -0.2) is 4.39 Å². The van der Waals surface area contributed by atoms with E-state index in [-0.39, 0.29) is 37.7 Å². The van der Waals surface area contributed by atoms with E-state index in [9.17, 15) is 27.2 Å². The summed E-state index contributed by atoms with van der Waals surface area (Å²) in [5, 5.41) is 4.28. The summed E-state index contributed by atoms with van der Waals surface area (Å²) < 4.78 is 55.9. The molecule has 0 saturated carbocycles. The van der Waals surface area contributed by atoms with Crippen LogP contribution in [-0.2, 0) is 14.3 Å². The smallest absolute Gasteiger partial charge is 0.370 e.